The van der Waals surface area contributed by atoms with Gasteiger partial charge in [0.2, 0.25) is 5.91 Å². The average Bonchev–Trinajstić information content (AvgIpc) is 3.13. The molecule has 28 heavy (non-hydrogen) atoms. The highest BCUT2D eigenvalue weighted by Crippen LogP contribution is 2.40. The van der Waals surface area contributed by atoms with Crippen molar-refractivity contribution >= 4 is 22.5 Å². The van der Waals surface area contributed by atoms with Gasteiger partial charge in [0, 0.05) is 29.1 Å². The molecule has 3 aromatic rings. The SMILES string of the molecule is CC(C)(C)c1cc2cc(NC(=O)C3(c4ccccc4)CCCCC3)ccc2[nH]1.[HH]. The summed E-state index contributed by atoms with van der Waals surface area (Å²) in [6.07, 6.45) is 5.27. The van der Waals surface area contributed by atoms with Crippen molar-refractivity contribution in [2.24, 2.45) is 0 Å². The highest BCUT2D eigenvalue weighted by molar-refractivity contribution is 6.00. The number of carbonyl (C=O) groups excluding carboxylic acids is 1. The van der Waals surface area contributed by atoms with E-state index < -0.39 is 5.41 Å². The summed E-state index contributed by atoms with van der Waals surface area (Å²) in [6, 6.07) is 18.7. The van der Waals surface area contributed by atoms with Crippen molar-refractivity contribution in [3.8, 4) is 0 Å². The molecule has 2 aromatic carbocycles. The maximum atomic E-state index is 13.5. The van der Waals surface area contributed by atoms with Crippen LogP contribution in [0.25, 0.3) is 10.9 Å². The molecule has 0 atom stereocenters. The Balaban J connectivity index is 0.00000240. The van der Waals surface area contributed by atoms with Crippen LogP contribution in [0.1, 0.15) is 65.6 Å². The van der Waals surface area contributed by atoms with E-state index >= 15 is 0 Å². The lowest BCUT2D eigenvalue weighted by Crippen LogP contribution is -2.42. The minimum absolute atomic E-state index is 0. The lowest BCUT2D eigenvalue weighted by molar-refractivity contribution is -0.122. The molecule has 0 unspecified atom stereocenters. The summed E-state index contributed by atoms with van der Waals surface area (Å²) < 4.78 is 0. The van der Waals surface area contributed by atoms with Crippen LogP contribution in [0.3, 0.4) is 0 Å². The second-order valence-corrected chi connectivity index (χ2v) is 9.20. The number of hydrogen-bond acceptors (Lipinski definition) is 1. The molecule has 0 radical (unpaired) electrons. The zero-order chi connectivity index (χ0) is 19.8. The number of fused-ring (bicyclic) bond motifs is 1. The van der Waals surface area contributed by atoms with Gasteiger partial charge in [-0.2, -0.15) is 0 Å². The van der Waals surface area contributed by atoms with Gasteiger partial charge in [0.15, 0.2) is 0 Å². The van der Waals surface area contributed by atoms with E-state index in [4.69, 9.17) is 0 Å². The van der Waals surface area contributed by atoms with Crippen molar-refractivity contribution in [2.75, 3.05) is 5.32 Å². The number of aromatic nitrogens is 1. The van der Waals surface area contributed by atoms with E-state index in [2.05, 4.69) is 61.4 Å². The Labute approximate surface area is 169 Å². The maximum Gasteiger partial charge on any atom is 0.235 e. The molecule has 1 amide bonds. The summed E-state index contributed by atoms with van der Waals surface area (Å²) in [4.78, 5) is 17.0. The fraction of sp³-hybridized carbons (Fsp3) is 0.400. The molecule has 2 N–H and O–H groups in total. The number of anilines is 1. The van der Waals surface area contributed by atoms with Gasteiger partial charge in [0.05, 0.1) is 5.41 Å². The summed E-state index contributed by atoms with van der Waals surface area (Å²) in [5.41, 5.74) is 3.99. The summed E-state index contributed by atoms with van der Waals surface area (Å²) in [5, 5.41) is 4.38. The number of hydrogen-bond donors (Lipinski definition) is 2. The minimum Gasteiger partial charge on any atom is -0.358 e. The molecular weight excluding hydrogens is 344 g/mol. The van der Waals surface area contributed by atoms with E-state index in [1.165, 1.54) is 12.1 Å². The van der Waals surface area contributed by atoms with Gasteiger partial charge < -0.3 is 10.3 Å². The first-order valence-corrected chi connectivity index (χ1v) is 10.4. The number of aromatic amines is 1. The second kappa shape index (κ2) is 7.12. The van der Waals surface area contributed by atoms with Gasteiger partial charge in [-0.25, -0.2) is 0 Å². The Morgan fingerprint density at radius 3 is 2.39 bits per heavy atom. The molecule has 1 fully saturated rings. The van der Waals surface area contributed by atoms with Crippen LogP contribution in [-0.4, -0.2) is 10.9 Å². The molecule has 1 aromatic heterocycles. The predicted octanol–water partition coefficient (Wildman–Crippen LogP) is 6.55. The third kappa shape index (κ3) is 3.46. The van der Waals surface area contributed by atoms with Crippen molar-refractivity contribution in [1.82, 2.24) is 4.98 Å². The Morgan fingerprint density at radius 1 is 1.00 bits per heavy atom. The predicted molar refractivity (Wildman–Crippen MR) is 119 cm³/mol. The second-order valence-electron chi connectivity index (χ2n) is 9.20. The Kier molecular flexibility index (Phi) is 4.78. The van der Waals surface area contributed by atoms with E-state index in [0.29, 0.717) is 0 Å². The summed E-state index contributed by atoms with van der Waals surface area (Å²) in [6.45, 7) is 6.60. The topological polar surface area (TPSA) is 44.9 Å². The fourth-order valence-electron chi connectivity index (χ4n) is 4.42. The molecule has 3 nitrogen and oxygen atoms in total. The van der Waals surface area contributed by atoms with Crippen LogP contribution >= 0.6 is 0 Å². The average molecular weight is 377 g/mol. The Hall–Kier alpha value is -2.55. The van der Waals surface area contributed by atoms with Crippen molar-refractivity contribution in [3.05, 3.63) is 65.9 Å². The lowest BCUT2D eigenvalue weighted by Gasteiger charge is -2.36. The van der Waals surface area contributed by atoms with E-state index in [-0.39, 0.29) is 12.7 Å². The third-order valence-electron chi connectivity index (χ3n) is 6.15. The molecule has 0 saturated heterocycles. The zero-order valence-corrected chi connectivity index (χ0v) is 17.1. The van der Waals surface area contributed by atoms with Gasteiger partial charge in [-0.15, -0.1) is 0 Å². The standard InChI is InChI=1S/C25H30N2O.H2/c1-24(2,3)22-17-18-16-20(12-13-21(18)27-22)26-23(28)25(14-8-5-9-15-25)19-10-6-4-7-11-19;/h4,6-7,10-13,16-17,27H,5,8-9,14-15H2,1-3H3,(H,26,28);1H. The highest BCUT2D eigenvalue weighted by atomic mass is 16.2. The van der Waals surface area contributed by atoms with Gasteiger partial charge in [0.25, 0.3) is 0 Å². The van der Waals surface area contributed by atoms with E-state index in [1.807, 2.05) is 24.3 Å². The first kappa shape index (κ1) is 18.8. The number of rotatable bonds is 3. The molecule has 0 bridgehead atoms. The van der Waals surface area contributed by atoms with Gasteiger partial charge >= 0.3 is 0 Å². The van der Waals surface area contributed by atoms with E-state index in [1.54, 1.807) is 0 Å². The smallest absolute Gasteiger partial charge is 0.235 e. The molecule has 0 aliphatic heterocycles. The highest BCUT2D eigenvalue weighted by Gasteiger charge is 2.41. The Bertz CT molecular complexity index is 979. The van der Waals surface area contributed by atoms with Crippen molar-refractivity contribution in [1.29, 1.82) is 0 Å². The number of benzene rings is 2. The molecule has 148 valence electrons. The molecule has 0 spiro atoms. The van der Waals surface area contributed by atoms with Crippen LogP contribution in [0, 0.1) is 0 Å². The van der Waals surface area contributed by atoms with Crippen molar-refractivity contribution < 1.29 is 6.22 Å². The van der Waals surface area contributed by atoms with Gasteiger partial charge in [-0.3, -0.25) is 4.79 Å². The summed E-state index contributed by atoms with van der Waals surface area (Å²) >= 11 is 0. The summed E-state index contributed by atoms with van der Waals surface area (Å²) in [5.74, 6) is 0.129. The Morgan fingerprint density at radius 2 is 1.71 bits per heavy atom. The number of nitrogens with one attached hydrogen (secondary N) is 2. The molecule has 3 heteroatoms. The van der Waals surface area contributed by atoms with Crippen LogP contribution in [0.15, 0.2) is 54.6 Å². The fourth-order valence-corrected chi connectivity index (χ4v) is 4.42. The lowest BCUT2D eigenvalue weighted by atomic mass is 9.68. The molecule has 1 aliphatic carbocycles. The van der Waals surface area contributed by atoms with Gasteiger partial charge in [-0.1, -0.05) is 70.4 Å². The first-order chi connectivity index (χ1) is 13.4. The minimum atomic E-state index is -0.414. The van der Waals surface area contributed by atoms with E-state index in [0.717, 1.165) is 47.8 Å². The monoisotopic (exact) mass is 376 g/mol. The first-order valence-electron chi connectivity index (χ1n) is 10.4. The van der Waals surface area contributed by atoms with Crippen molar-refractivity contribution in [2.45, 2.75) is 63.7 Å². The number of amides is 1. The third-order valence-corrected chi connectivity index (χ3v) is 6.15. The molecule has 1 aliphatic rings. The van der Waals surface area contributed by atoms with Crippen LogP contribution in [-0.2, 0) is 15.6 Å². The van der Waals surface area contributed by atoms with Gasteiger partial charge in [-0.05, 0) is 42.7 Å². The normalized spacial score (nSPS) is 16.8. The van der Waals surface area contributed by atoms with Gasteiger partial charge in [0.1, 0.15) is 0 Å². The number of carbonyl (C=O) groups is 1. The molecule has 1 saturated carbocycles. The maximum absolute atomic E-state index is 13.5. The molecule has 4 rings (SSSR count). The van der Waals surface area contributed by atoms with Crippen LogP contribution in [0.5, 0.6) is 0 Å². The quantitative estimate of drug-likeness (QED) is 0.535. The largest absolute Gasteiger partial charge is 0.358 e. The van der Waals surface area contributed by atoms with Crippen molar-refractivity contribution in [3.63, 3.8) is 0 Å². The summed E-state index contributed by atoms with van der Waals surface area (Å²) in [7, 11) is 0. The van der Waals surface area contributed by atoms with E-state index in [9.17, 15) is 4.79 Å². The van der Waals surface area contributed by atoms with Crippen LogP contribution < -0.4 is 5.32 Å². The van der Waals surface area contributed by atoms with Crippen LogP contribution in [0.4, 0.5) is 5.69 Å². The van der Waals surface area contributed by atoms with Crippen LogP contribution in [0.2, 0.25) is 0 Å². The zero-order valence-electron chi connectivity index (χ0n) is 17.1. The number of H-pyrrole nitrogens is 1. The molecule has 1 heterocycles. The molecular formula is C25H32N2O.